The summed E-state index contributed by atoms with van der Waals surface area (Å²) in [5.74, 6) is -0.369. The van der Waals surface area contributed by atoms with Crippen LogP contribution in [0.3, 0.4) is 0 Å². The van der Waals surface area contributed by atoms with Crippen molar-refractivity contribution >= 4 is 29.3 Å². The molecule has 34 heavy (non-hydrogen) atoms. The molecule has 2 amide bonds. The number of rotatable bonds is 4. The molecule has 0 aromatic heterocycles. The largest absolute Gasteiger partial charge is 0.416 e. The van der Waals surface area contributed by atoms with E-state index >= 15 is 0 Å². The number of aryl methyl sites for hydroxylation is 2. The number of nitrogens with one attached hydrogen (secondary N) is 1. The number of amides is 2. The second-order valence-corrected chi connectivity index (χ2v) is 9.37. The third-order valence-corrected chi connectivity index (χ3v) is 7.00. The van der Waals surface area contributed by atoms with Gasteiger partial charge in [0.1, 0.15) is 11.4 Å². The van der Waals surface area contributed by atoms with Crippen molar-refractivity contribution in [2.24, 2.45) is 0 Å². The van der Waals surface area contributed by atoms with Crippen molar-refractivity contribution in [1.82, 2.24) is 4.90 Å². The lowest BCUT2D eigenvalue weighted by Gasteiger charge is -2.29. The molecular formula is C26H23F3N2O2S. The van der Waals surface area contributed by atoms with Crippen LogP contribution in [0.5, 0.6) is 0 Å². The normalized spacial score (nSPS) is 18.1. The van der Waals surface area contributed by atoms with E-state index in [1.165, 1.54) is 28.8 Å². The molecule has 0 saturated carbocycles. The number of nitrogens with zero attached hydrogens (tertiary/aromatic N) is 1. The number of carbonyl (C=O) groups is 2. The summed E-state index contributed by atoms with van der Waals surface area (Å²) in [4.78, 5) is 28.2. The van der Waals surface area contributed by atoms with Crippen molar-refractivity contribution in [3.63, 3.8) is 0 Å². The minimum absolute atomic E-state index is 0.320. The molecule has 3 aromatic rings. The first-order valence-corrected chi connectivity index (χ1v) is 11.7. The van der Waals surface area contributed by atoms with Crippen molar-refractivity contribution in [3.8, 4) is 0 Å². The molecule has 1 N–H and O–H groups in total. The van der Waals surface area contributed by atoms with Crippen LogP contribution >= 0.6 is 11.8 Å². The van der Waals surface area contributed by atoms with E-state index in [2.05, 4.69) is 5.32 Å². The molecule has 0 bridgehead atoms. The third-order valence-electron chi connectivity index (χ3n) is 5.68. The van der Waals surface area contributed by atoms with E-state index in [9.17, 15) is 22.8 Å². The summed E-state index contributed by atoms with van der Waals surface area (Å²) < 4.78 is 39.1. The number of benzene rings is 3. The van der Waals surface area contributed by atoms with Gasteiger partial charge >= 0.3 is 6.18 Å². The van der Waals surface area contributed by atoms with Crippen LogP contribution in [0.2, 0.25) is 0 Å². The van der Waals surface area contributed by atoms with Gasteiger partial charge in [-0.25, -0.2) is 0 Å². The van der Waals surface area contributed by atoms with Gasteiger partial charge in [0.05, 0.1) is 5.56 Å². The Morgan fingerprint density at radius 1 is 0.882 bits per heavy atom. The molecule has 1 saturated heterocycles. The summed E-state index contributed by atoms with van der Waals surface area (Å²) in [6, 6.07) is 18.3. The molecule has 0 spiro atoms. The molecule has 0 aliphatic carbocycles. The maximum atomic E-state index is 13.5. The number of anilines is 1. The van der Waals surface area contributed by atoms with E-state index in [4.69, 9.17) is 0 Å². The predicted octanol–water partition coefficient (Wildman–Crippen LogP) is 6.22. The average molecular weight is 485 g/mol. The molecule has 1 aliphatic heterocycles. The summed E-state index contributed by atoms with van der Waals surface area (Å²) in [6.07, 6.45) is -4.45. The van der Waals surface area contributed by atoms with Gasteiger partial charge in [-0.3, -0.25) is 9.59 Å². The van der Waals surface area contributed by atoms with Crippen LogP contribution in [0, 0.1) is 13.8 Å². The van der Waals surface area contributed by atoms with E-state index < -0.39 is 23.2 Å². The first-order chi connectivity index (χ1) is 16.1. The molecular weight excluding hydrogens is 461 g/mol. The van der Waals surface area contributed by atoms with Gasteiger partial charge in [-0.15, -0.1) is 11.8 Å². The number of halogens is 3. The zero-order valence-electron chi connectivity index (χ0n) is 18.6. The highest BCUT2D eigenvalue weighted by Crippen LogP contribution is 2.43. The van der Waals surface area contributed by atoms with Crippen LogP contribution in [-0.4, -0.2) is 28.5 Å². The minimum Gasteiger partial charge on any atom is -0.324 e. The Hall–Kier alpha value is -3.26. The third kappa shape index (κ3) is 5.12. The smallest absolute Gasteiger partial charge is 0.324 e. The lowest BCUT2D eigenvalue weighted by molar-refractivity contribution is -0.137. The van der Waals surface area contributed by atoms with Gasteiger partial charge in [0, 0.05) is 17.0 Å². The molecule has 176 valence electrons. The molecule has 3 aromatic carbocycles. The molecule has 8 heteroatoms. The molecule has 2 atom stereocenters. The molecule has 1 fully saturated rings. The molecule has 4 nitrogen and oxygen atoms in total. The second kappa shape index (κ2) is 9.54. The topological polar surface area (TPSA) is 49.4 Å². The van der Waals surface area contributed by atoms with Crippen molar-refractivity contribution < 1.29 is 22.8 Å². The van der Waals surface area contributed by atoms with Gasteiger partial charge in [-0.2, -0.15) is 13.2 Å². The second-order valence-electron chi connectivity index (χ2n) is 8.25. The highest BCUT2D eigenvalue weighted by atomic mass is 32.2. The van der Waals surface area contributed by atoms with Gasteiger partial charge in [0.15, 0.2) is 0 Å². The summed E-state index contributed by atoms with van der Waals surface area (Å²) >= 11 is 1.36. The van der Waals surface area contributed by atoms with E-state index in [1.54, 1.807) is 24.3 Å². The van der Waals surface area contributed by atoms with E-state index in [0.29, 0.717) is 22.6 Å². The zero-order chi connectivity index (χ0) is 24.5. The molecule has 2 unspecified atom stereocenters. The van der Waals surface area contributed by atoms with Crippen LogP contribution in [0.4, 0.5) is 18.9 Å². The first kappa shape index (κ1) is 23.9. The maximum Gasteiger partial charge on any atom is 0.416 e. The number of hydrogen-bond acceptors (Lipinski definition) is 3. The average Bonchev–Trinajstić information content (AvgIpc) is 3.25. The Bertz CT molecular complexity index is 1180. The van der Waals surface area contributed by atoms with E-state index in [1.807, 2.05) is 38.1 Å². The lowest BCUT2D eigenvalue weighted by Crippen LogP contribution is -2.45. The van der Waals surface area contributed by atoms with E-state index in [-0.39, 0.29) is 11.8 Å². The lowest BCUT2D eigenvalue weighted by atomic mass is 10.1. The summed E-state index contributed by atoms with van der Waals surface area (Å²) in [6.45, 7) is 3.85. The Kier molecular flexibility index (Phi) is 6.70. The van der Waals surface area contributed by atoms with Crippen LogP contribution < -0.4 is 5.32 Å². The van der Waals surface area contributed by atoms with Gasteiger partial charge < -0.3 is 10.2 Å². The van der Waals surface area contributed by atoms with Gasteiger partial charge in [0.25, 0.3) is 5.91 Å². The monoisotopic (exact) mass is 484 g/mol. The fraction of sp³-hybridized carbons (Fsp3) is 0.231. The Labute approximate surface area is 200 Å². The molecule has 4 rings (SSSR count). The van der Waals surface area contributed by atoms with Crippen molar-refractivity contribution in [1.29, 1.82) is 0 Å². The fourth-order valence-electron chi connectivity index (χ4n) is 3.76. The molecule has 0 radical (unpaired) electrons. The zero-order valence-corrected chi connectivity index (χ0v) is 19.4. The number of thioether (sulfide) groups is 1. The highest BCUT2D eigenvalue weighted by molar-refractivity contribution is 7.99. The Morgan fingerprint density at radius 2 is 1.44 bits per heavy atom. The van der Waals surface area contributed by atoms with Crippen LogP contribution in [0.25, 0.3) is 0 Å². The number of alkyl halides is 3. The van der Waals surface area contributed by atoms with Crippen molar-refractivity contribution in [2.45, 2.75) is 31.4 Å². The van der Waals surface area contributed by atoms with Gasteiger partial charge in [-0.1, -0.05) is 47.5 Å². The Balaban J connectivity index is 1.65. The first-order valence-electron chi connectivity index (χ1n) is 10.7. The van der Waals surface area contributed by atoms with Gasteiger partial charge in [0.2, 0.25) is 5.91 Å². The van der Waals surface area contributed by atoms with Crippen molar-refractivity contribution in [2.75, 3.05) is 11.1 Å². The highest BCUT2D eigenvalue weighted by Gasteiger charge is 2.43. The summed E-state index contributed by atoms with van der Waals surface area (Å²) in [5.41, 5.74) is 2.83. The predicted molar refractivity (Wildman–Crippen MR) is 128 cm³/mol. The SMILES string of the molecule is Cc1ccc(NC(=O)C2CSC(c3ccc(C(F)(F)F)cc3)N2C(=O)c2ccc(C)cc2)cc1. The van der Waals surface area contributed by atoms with Crippen LogP contribution in [0.15, 0.2) is 72.8 Å². The molecule has 1 aliphatic rings. The van der Waals surface area contributed by atoms with Crippen molar-refractivity contribution in [3.05, 3.63) is 101 Å². The summed E-state index contributed by atoms with van der Waals surface area (Å²) in [7, 11) is 0. The van der Waals surface area contributed by atoms with E-state index in [0.717, 1.165) is 23.3 Å². The minimum atomic E-state index is -4.45. The van der Waals surface area contributed by atoms with Crippen LogP contribution in [0.1, 0.15) is 38.0 Å². The maximum absolute atomic E-state index is 13.5. The van der Waals surface area contributed by atoms with Gasteiger partial charge in [-0.05, 0) is 55.8 Å². The quantitative estimate of drug-likeness (QED) is 0.479. The fourth-order valence-corrected chi connectivity index (χ4v) is 5.19. The number of carbonyl (C=O) groups excluding carboxylic acids is 2. The summed E-state index contributed by atoms with van der Waals surface area (Å²) in [5, 5.41) is 2.27. The number of hydrogen-bond donors (Lipinski definition) is 1. The molecule has 1 heterocycles. The Morgan fingerprint density at radius 3 is 2.00 bits per heavy atom. The van der Waals surface area contributed by atoms with Crippen LogP contribution in [-0.2, 0) is 11.0 Å². The standard InChI is InChI=1S/C26H23F3N2O2S/c1-16-3-7-18(8-4-16)24(33)31-22(23(32)30-21-13-5-17(2)6-14-21)15-34-25(31)19-9-11-20(12-10-19)26(27,28)29/h3-14,22,25H,15H2,1-2H3,(H,30,32).